The van der Waals surface area contributed by atoms with Crippen molar-refractivity contribution in [3.8, 4) is 28.5 Å². The Morgan fingerprint density at radius 1 is 1.06 bits per heavy atom. The van der Waals surface area contributed by atoms with Crippen LogP contribution in [0.5, 0.6) is 17.2 Å². The topological polar surface area (TPSA) is 82.6 Å². The Balaban J connectivity index is 1.16. The molecule has 162 valence electrons. The zero-order chi connectivity index (χ0) is 21.9. The van der Waals surface area contributed by atoms with Gasteiger partial charge in [-0.25, -0.2) is 9.97 Å². The van der Waals surface area contributed by atoms with Gasteiger partial charge >= 0.3 is 0 Å². The smallest absolute Gasteiger partial charge is 0.232 e. The Hall–Kier alpha value is -3.43. The van der Waals surface area contributed by atoms with Gasteiger partial charge in [-0.3, -0.25) is 4.79 Å². The highest BCUT2D eigenvalue weighted by Crippen LogP contribution is 2.36. The van der Waals surface area contributed by atoms with E-state index in [1.807, 2.05) is 60.1 Å². The number of nitrogens with zero attached hydrogens (tertiary/aromatic N) is 2. The Kier molecular flexibility index (Phi) is 5.74. The second-order valence-corrected chi connectivity index (χ2v) is 8.97. The van der Waals surface area contributed by atoms with Crippen LogP contribution in [0.2, 0.25) is 0 Å². The largest absolute Gasteiger partial charge is 0.486 e. The fraction of sp³-hybridized carbons (Fsp3) is 0.174. The van der Waals surface area contributed by atoms with Gasteiger partial charge in [0.1, 0.15) is 17.4 Å². The van der Waals surface area contributed by atoms with Crippen LogP contribution in [-0.4, -0.2) is 22.7 Å². The van der Waals surface area contributed by atoms with Crippen molar-refractivity contribution >= 4 is 33.7 Å². The number of carbonyl (C=O) groups is 1. The van der Waals surface area contributed by atoms with E-state index in [4.69, 9.17) is 14.2 Å². The minimum atomic E-state index is -0.159. The van der Waals surface area contributed by atoms with E-state index in [0.29, 0.717) is 23.2 Å². The predicted molar refractivity (Wildman–Crippen MR) is 124 cm³/mol. The molecule has 32 heavy (non-hydrogen) atoms. The average Bonchev–Trinajstić information content (AvgIpc) is 3.54. The minimum absolute atomic E-state index is 0.159. The predicted octanol–water partition coefficient (Wildman–Crippen LogP) is 5.06. The molecular formula is C23H19N3O4S2. The van der Waals surface area contributed by atoms with Gasteiger partial charge in [0.05, 0.1) is 17.8 Å². The van der Waals surface area contributed by atoms with Crippen LogP contribution < -0.4 is 19.5 Å². The molecule has 7 nitrogen and oxygen atoms in total. The van der Waals surface area contributed by atoms with Gasteiger partial charge in [0.15, 0.2) is 16.6 Å². The number of nitrogens with one attached hydrogen (secondary N) is 1. The van der Waals surface area contributed by atoms with Crippen LogP contribution in [0.3, 0.4) is 0 Å². The summed E-state index contributed by atoms with van der Waals surface area (Å²) in [4.78, 5) is 21.5. The Bertz CT molecular complexity index is 1250. The van der Waals surface area contributed by atoms with Crippen LogP contribution in [0.1, 0.15) is 16.3 Å². The minimum Gasteiger partial charge on any atom is -0.486 e. The van der Waals surface area contributed by atoms with Crippen molar-refractivity contribution < 1.29 is 19.0 Å². The molecule has 0 saturated carbocycles. The number of benzene rings is 2. The maximum Gasteiger partial charge on any atom is 0.232 e. The van der Waals surface area contributed by atoms with Crippen molar-refractivity contribution in [2.75, 3.05) is 12.1 Å². The van der Waals surface area contributed by atoms with E-state index in [1.165, 1.54) is 28.2 Å². The number of hydrogen-bond acceptors (Lipinski definition) is 8. The molecule has 1 amide bonds. The summed E-state index contributed by atoms with van der Waals surface area (Å²) < 4.78 is 16.5. The second kappa shape index (κ2) is 8.97. The third-order valence-corrected chi connectivity index (χ3v) is 6.37. The van der Waals surface area contributed by atoms with Gasteiger partial charge < -0.3 is 19.5 Å². The third-order valence-electron chi connectivity index (χ3n) is 4.74. The van der Waals surface area contributed by atoms with Crippen LogP contribution in [0.25, 0.3) is 11.3 Å². The highest BCUT2D eigenvalue weighted by molar-refractivity contribution is 7.14. The van der Waals surface area contributed by atoms with E-state index in [9.17, 15) is 4.79 Å². The van der Waals surface area contributed by atoms with E-state index in [2.05, 4.69) is 15.3 Å². The average molecular weight is 466 g/mol. The van der Waals surface area contributed by atoms with Gasteiger partial charge in [0.2, 0.25) is 12.7 Å². The molecular weight excluding hydrogens is 446 g/mol. The zero-order valence-electron chi connectivity index (χ0n) is 17.2. The number of ether oxygens (including phenoxy) is 3. The molecule has 0 unspecified atom stereocenters. The fourth-order valence-electron chi connectivity index (χ4n) is 3.12. The van der Waals surface area contributed by atoms with E-state index < -0.39 is 0 Å². The molecule has 1 aliphatic rings. The summed E-state index contributed by atoms with van der Waals surface area (Å²) in [5.74, 6) is 2.07. The highest BCUT2D eigenvalue weighted by Gasteiger charge is 2.16. The number of rotatable bonds is 7. The zero-order valence-corrected chi connectivity index (χ0v) is 18.8. The summed E-state index contributed by atoms with van der Waals surface area (Å²) in [6.45, 7) is 2.64. The highest BCUT2D eigenvalue weighted by atomic mass is 32.1. The normalized spacial score (nSPS) is 12.0. The van der Waals surface area contributed by atoms with Gasteiger partial charge in [-0.05, 0) is 37.3 Å². The first-order valence-corrected chi connectivity index (χ1v) is 11.7. The van der Waals surface area contributed by atoms with Crippen LogP contribution in [0.15, 0.2) is 53.2 Å². The summed E-state index contributed by atoms with van der Waals surface area (Å²) in [5.41, 5.74) is 3.57. The van der Waals surface area contributed by atoms with Gasteiger partial charge in [-0.1, -0.05) is 17.7 Å². The maximum absolute atomic E-state index is 12.5. The second-order valence-electron chi connectivity index (χ2n) is 7.17. The van der Waals surface area contributed by atoms with Crippen molar-refractivity contribution in [2.45, 2.75) is 20.0 Å². The number of carbonyl (C=O) groups excluding carboxylic acids is 1. The molecule has 0 radical (unpaired) electrons. The summed E-state index contributed by atoms with van der Waals surface area (Å²) >= 11 is 2.86. The Labute approximate surface area is 192 Å². The SMILES string of the molecule is Cc1ccc(OCc2nc(CC(=O)Nc3nc(-c4ccc5c(c4)OCO5)cs3)cs2)cc1. The molecule has 4 aromatic rings. The summed E-state index contributed by atoms with van der Waals surface area (Å²) in [5, 5.41) is 8.00. The van der Waals surface area contributed by atoms with Crippen LogP contribution >= 0.6 is 22.7 Å². The molecule has 0 atom stereocenters. The Morgan fingerprint density at radius 2 is 1.91 bits per heavy atom. The lowest BCUT2D eigenvalue weighted by Gasteiger charge is -2.04. The van der Waals surface area contributed by atoms with E-state index in [1.54, 1.807) is 0 Å². The van der Waals surface area contributed by atoms with Gasteiger partial charge in [-0.2, -0.15) is 0 Å². The molecule has 0 fully saturated rings. The fourth-order valence-corrected chi connectivity index (χ4v) is 4.56. The monoisotopic (exact) mass is 465 g/mol. The van der Waals surface area contributed by atoms with Crippen molar-refractivity contribution in [3.63, 3.8) is 0 Å². The molecule has 0 bridgehead atoms. The number of hydrogen-bond donors (Lipinski definition) is 1. The third kappa shape index (κ3) is 4.74. The number of amides is 1. The molecule has 2 aromatic carbocycles. The lowest BCUT2D eigenvalue weighted by Crippen LogP contribution is -2.14. The lowest BCUT2D eigenvalue weighted by molar-refractivity contribution is -0.115. The van der Waals surface area contributed by atoms with Crippen LogP contribution in [0.4, 0.5) is 5.13 Å². The van der Waals surface area contributed by atoms with Crippen LogP contribution in [-0.2, 0) is 17.8 Å². The molecule has 5 rings (SSSR count). The van der Waals surface area contributed by atoms with Gasteiger partial charge in [-0.15, -0.1) is 22.7 Å². The van der Waals surface area contributed by atoms with E-state index >= 15 is 0 Å². The first kappa shape index (κ1) is 20.5. The maximum atomic E-state index is 12.5. The molecule has 1 aliphatic heterocycles. The molecule has 1 N–H and O–H groups in total. The summed E-state index contributed by atoms with van der Waals surface area (Å²) in [7, 11) is 0. The molecule has 3 heterocycles. The molecule has 9 heteroatoms. The lowest BCUT2D eigenvalue weighted by atomic mass is 10.1. The van der Waals surface area contributed by atoms with Crippen molar-refractivity contribution in [1.29, 1.82) is 0 Å². The van der Waals surface area contributed by atoms with Crippen LogP contribution in [0, 0.1) is 6.92 Å². The molecule has 0 spiro atoms. The van der Waals surface area contributed by atoms with Gasteiger partial charge in [0, 0.05) is 16.3 Å². The van der Waals surface area contributed by atoms with Crippen molar-refractivity contribution in [1.82, 2.24) is 9.97 Å². The first-order valence-electron chi connectivity index (χ1n) is 9.90. The standard InChI is InChI=1S/C23H19N3O4S2/c1-14-2-5-17(6-3-14)28-10-22-24-16(11-31-22)9-21(27)26-23-25-18(12-32-23)15-4-7-19-20(8-15)30-13-29-19/h2-8,11-12H,9-10,13H2,1H3,(H,25,26,27). The number of aromatic nitrogens is 2. The molecule has 0 saturated heterocycles. The molecule has 2 aromatic heterocycles. The van der Waals surface area contributed by atoms with Crippen molar-refractivity contribution in [2.24, 2.45) is 0 Å². The number of thiazole rings is 2. The summed E-state index contributed by atoms with van der Waals surface area (Å²) in [6.07, 6.45) is 0.181. The summed E-state index contributed by atoms with van der Waals surface area (Å²) in [6, 6.07) is 13.5. The number of fused-ring (bicyclic) bond motifs is 1. The van der Waals surface area contributed by atoms with Gasteiger partial charge in [0.25, 0.3) is 0 Å². The number of anilines is 1. The first-order chi connectivity index (χ1) is 15.6. The van der Waals surface area contributed by atoms with E-state index in [-0.39, 0.29) is 19.1 Å². The Morgan fingerprint density at radius 3 is 2.78 bits per heavy atom. The van der Waals surface area contributed by atoms with E-state index in [0.717, 1.165) is 27.8 Å². The molecule has 0 aliphatic carbocycles. The van der Waals surface area contributed by atoms with Crippen molar-refractivity contribution in [3.05, 3.63) is 69.5 Å². The quantitative estimate of drug-likeness (QED) is 0.411. The number of aryl methyl sites for hydroxylation is 1.